The largest absolute Gasteiger partial charge is 0.456 e. The Morgan fingerprint density at radius 2 is 1.00 bits per heavy atom. The van der Waals surface area contributed by atoms with Gasteiger partial charge < -0.3 is 13.7 Å². The zero-order chi connectivity index (χ0) is 34.2. The number of furan rings is 2. The lowest BCUT2D eigenvalue weighted by molar-refractivity contribution is 0.645. The van der Waals surface area contributed by atoms with Crippen molar-refractivity contribution in [3.8, 4) is 16.8 Å². The van der Waals surface area contributed by atoms with E-state index in [0.717, 1.165) is 72.3 Å². The molecule has 0 aliphatic carbocycles. The van der Waals surface area contributed by atoms with Gasteiger partial charge in [-0.2, -0.15) is 0 Å². The molecular weight excluding hydrogens is 637 g/mol. The van der Waals surface area contributed by atoms with Gasteiger partial charge in [-0.3, -0.25) is 4.57 Å². The molecule has 4 heteroatoms. The van der Waals surface area contributed by atoms with E-state index in [2.05, 4.69) is 167 Å². The quantitative estimate of drug-likeness (QED) is 0.183. The highest BCUT2D eigenvalue weighted by Crippen LogP contribution is 2.42. The molecule has 244 valence electrons. The number of para-hydroxylation sites is 3. The van der Waals surface area contributed by atoms with Crippen molar-refractivity contribution in [1.29, 1.82) is 0 Å². The minimum absolute atomic E-state index is 0.855. The van der Waals surface area contributed by atoms with Gasteiger partial charge in [0.1, 0.15) is 16.7 Å². The van der Waals surface area contributed by atoms with Gasteiger partial charge in [0.15, 0.2) is 0 Å². The zero-order valence-electron chi connectivity index (χ0n) is 28.0. The van der Waals surface area contributed by atoms with Crippen molar-refractivity contribution >= 4 is 82.7 Å². The molecule has 0 aliphatic heterocycles. The third kappa shape index (κ3) is 4.34. The number of aromatic nitrogens is 1. The van der Waals surface area contributed by atoms with Gasteiger partial charge in [-0.15, -0.1) is 0 Å². The minimum atomic E-state index is 0.855. The topological polar surface area (TPSA) is 34.5 Å². The first kappa shape index (κ1) is 28.8. The maximum absolute atomic E-state index is 6.53. The van der Waals surface area contributed by atoms with Crippen molar-refractivity contribution in [3.05, 3.63) is 182 Å². The molecule has 0 unspecified atom stereocenters. The smallest absolute Gasteiger partial charge is 0.213 e. The lowest BCUT2D eigenvalue weighted by atomic mass is 9.98. The van der Waals surface area contributed by atoms with E-state index in [-0.39, 0.29) is 0 Å². The number of fused-ring (bicyclic) bond motifs is 9. The molecule has 0 atom stereocenters. The SMILES string of the molecule is c1ccc2c(-c3ccc(N(c4ccc(-n5c6ccccc6c6c7ccccc7oc65)cc4)c4ccc5oc6ccccc6c5c4)cc3)cccc2c1. The predicted octanol–water partition coefficient (Wildman–Crippen LogP) is 13.7. The summed E-state index contributed by atoms with van der Waals surface area (Å²) in [6.07, 6.45) is 0. The summed E-state index contributed by atoms with van der Waals surface area (Å²) in [6, 6.07) is 64.3. The van der Waals surface area contributed by atoms with Crippen LogP contribution in [-0.2, 0) is 0 Å². The fourth-order valence-electron chi connectivity index (χ4n) is 8.01. The molecule has 11 aromatic rings. The van der Waals surface area contributed by atoms with Crippen LogP contribution in [0.2, 0.25) is 0 Å². The second-order valence-electron chi connectivity index (χ2n) is 13.3. The molecule has 0 spiro atoms. The van der Waals surface area contributed by atoms with Gasteiger partial charge >= 0.3 is 0 Å². The third-order valence-corrected chi connectivity index (χ3v) is 10.4. The van der Waals surface area contributed by atoms with Gasteiger partial charge in [0.25, 0.3) is 0 Å². The summed E-state index contributed by atoms with van der Waals surface area (Å²) in [7, 11) is 0. The summed E-state index contributed by atoms with van der Waals surface area (Å²) in [5.41, 5.74) is 11.2. The highest BCUT2D eigenvalue weighted by Gasteiger charge is 2.20. The van der Waals surface area contributed by atoms with Gasteiger partial charge in [-0.1, -0.05) is 109 Å². The molecule has 0 N–H and O–H groups in total. The zero-order valence-corrected chi connectivity index (χ0v) is 28.0. The molecule has 0 aliphatic rings. The lowest BCUT2D eigenvalue weighted by Crippen LogP contribution is -2.10. The van der Waals surface area contributed by atoms with E-state index < -0.39 is 0 Å². The van der Waals surface area contributed by atoms with Gasteiger partial charge in [-0.25, -0.2) is 0 Å². The van der Waals surface area contributed by atoms with Crippen LogP contribution in [0, 0.1) is 0 Å². The Morgan fingerprint density at radius 1 is 0.404 bits per heavy atom. The molecular formula is C48H30N2O2. The Bertz CT molecular complexity index is 3120. The molecule has 52 heavy (non-hydrogen) atoms. The van der Waals surface area contributed by atoms with E-state index in [4.69, 9.17) is 8.83 Å². The van der Waals surface area contributed by atoms with Crippen LogP contribution in [0.1, 0.15) is 0 Å². The maximum Gasteiger partial charge on any atom is 0.213 e. The molecule has 0 amide bonds. The normalized spacial score (nSPS) is 11.8. The Morgan fingerprint density at radius 3 is 1.81 bits per heavy atom. The summed E-state index contributed by atoms with van der Waals surface area (Å²) in [6.45, 7) is 0. The summed E-state index contributed by atoms with van der Waals surface area (Å²) in [5, 5.41) is 8.14. The molecule has 4 nitrogen and oxygen atoms in total. The molecule has 8 aromatic carbocycles. The van der Waals surface area contributed by atoms with Gasteiger partial charge in [0.05, 0.1) is 10.9 Å². The Labute approximate surface area is 299 Å². The van der Waals surface area contributed by atoms with Crippen molar-refractivity contribution in [3.63, 3.8) is 0 Å². The molecule has 0 saturated heterocycles. The number of benzene rings is 8. The number of anilines is 3. The maximum atomic E-state index is 6.53. The van der Waals surface area contributed by atoms with E-state index in [1.54, 1.807) is 0 Å². The van der Waals surface area contributed by atoms with E-state index in [1.807, 2.05) is 24.3 Å². The first-order chi connectivity index (χ1) is 25.8. The van der Waals surface area contributed by atoms with Crippen LogP contribution in [0.25, 0.3) is 82.5 Å². The standard InChI is InChI=1S/C48H30N2O2/c1-2-12-37-31(10-1)11-9-16-38(37)32-20-22-33(23-21-32)49(36-28-29-46-42(30-36)39-13-4-7-18-44(39)51-46)34-24-26-35(27-25-34)50-43-17-6-3-14-40(43)47-41-15-5-8-19-45(41)52-48(47)50/h1-30H. The number of nitrogens with zero attached hydrogens (tertiary/aromatic N) is 2. The van der Waals surface area contributed by atoms with Crippen molar-refractivity contribution in [2.24, 2.45) is 0 Å². The lowest BCUT2D eigenvalue weighted by Gasteiger charge is -2.26. The second-order valence-corrected chi connectivity index (χ2v) is 13.3. The highest BCUT2D eigenvalue weighted by molar-refractivity contribution is 6.20. The monoisotopic (exact) mass is 666 g/mol. The first-order valence-corrected chi connectivity index (χ1v) is 17.6. The fraction of sp³-hybridized carbons (Fsp3) is 0. The predicted molar refractivity (Wildman–Crippen MR) is 215 cm³/mol. The molecule has 0 saturated carbocycles. The van der Waals surface area contributed by atoms with Crippen LogP contribution in [0.5, 0.6) is 0 Å². The minimum Gasteiger partial charge on any atom is -0.456 e. The Hall–Kier alpha value is -7.04. The number of rotatable bonds is 5. The fourth-order valence-corrected chi connectivity index (χ4v) is 8.01. The summed E-state index contributed by atoms with van der Waals surface area (Å²) >= 11 is 0. The summed E-state index contributed by atoms with van der Waals surface area (Å²) in [4.78, 5) is 2.32. The Balaban J connectivity index is 1.07. The van der Waals surface area contributed by atoms with Crippen LogP contribution in [0.15, 0.2) is 191 Å². The van der Waals surface area contributed by atoms with E-state index >= 15 is 0 Å². The van der Waals surface area contributed by atoms with E-state index in [9.17, 15) is 0 Å². The second kappa shape index (κ2) is 11.2. The summed E-state index contributed by atoms with van der Waals surface area (Å²) in [5.74, 6) is 0. The molecule has 3 aromatic heterocycles. The van der Waals surface area contributed by atoms with Gasteiger partial charge in [0.2, 0.25) is 5.71 Å². The van der Waals surface area contributed by atoms with Crippen LogP contribution < -0.4 is 4.90 Å². The molecule has 11 rings (SSSR count). The average Bonchev–Trinajstić information content (AvgIpc) is 3.87. The number of hydrogen-bond acceptors (Lipinski definition) is 3. The van der Waals surface area contributed by atoms with Crippen LogP contribution in [0.4, 0.5) is 17.1 Å². The third-order valence-electron chi connectivity index (χ3n) is 10.4. The van der Waals surface area contributed by atoms with Crippen molar-refractivity contribution in [1.82, 2.24) is 4.57 Å². The van der Waals surface area contributed by atoms with E-state index in [1.165, 1.54) is 27.3 Å². The van der Waals surface area contributed by atoms with E-state index in [0.29, 0.717) is 0 Å². The van der Waals surface area contributed by atoms with Gasteiger partial charge in [-0.05, 0) is 94.7 Å². The number of hydrogen-bond donors (Lipinski definition) is 0. The first-order valence-electron chi connectivity index (χ1n) is 17.6. The van der Waals surface area contributed by atoms with Crippen LogP contribution in [0.3, 0.4) is 0 Å². The highest BCUT2D eigenvalue weighted by atomic mass is 16.3. The van der Waals surface area contributed by atoms with Crippen molar-refractivity contribution in [2.45, 2.75) is 0 Å². The molecule has 0 radical (unpaired) electrons. The van der Waals surface area contributed by atoms with Crippen LogP contribution in [-0.4, -0.2) is 4.57 Å². The summed E-state index contributed by atoms with van der Waals surface area (Å²) < 4.78 is 15.0. The Kier molecular flexibility index (Phi) is 6.22. The van der Waals surface area contributed by atoms with Crippen molar-refractivity contribution < 1.29 is 8.83 Å². The van der Waals surface area contributed by atoms with Crippen molar-refractivity contribution in [2.75, 3.05) is 4.90 Å². The van der Waals surface area contributed by atoms with Crippen LogP contribution >= 0.6 is 0 Å². The average molecular weight is 667 g/mol. The van der Waals surface area contributed by atoms with Gasteiger partial charge in [0, 0.05) is 44.3 Å². The molecule has 3 heterocycles. The molecule has 0 bridgehead atoms. The molecule has 0 fully saturated rings.